The lowest BCUT2D eigenvalue weighted by Crippen LogP contribution is -2.41. The van der Waals surface area contributed by atoms with Crippen molar-refractivity contribution in [3.63, 3.8) is 0 Å². The number of alkyl halides is 3. The Kier molecular flexibility index (Phi) is 6.48. The number of carbonyl (C=O) groups is 1. The highest BCUT2D eigenvalue weighted by atomic mass is 19.4. The highest BCUT2D eigenvalue weighted by Gasteiger charge is 2.38. The molecule has 0 radical (unpaired) electrons. The maximum absolute atomic E-state index is 12.0. The summed E-state index contributed by atoms with van der Waals surface area (Å²) in [7, 11) is 1.43. The molecule has 0 saturated carbocycles. The van der Waals surface area contributed by atoms with Crippen molar-refractivity contribution in [2.75, 3.05) is 20.1 Å². The minimum atomic E-state index is -4.62. The number of hydrogen-bond donors (Lipinski definition) is 2. The van der Waals surface area contributed by atoms with E-state index in [-0.39, 0.29) is 24.9 Å². The summed E-state index contributed by atoms with van der Waals surface area (Å²) >= 11 is 0. The molecule has 2 N–H and O–H groups in total. The lowest BCUT2D eigenvalue weighted by atomic mass is 10.3. The molecule has 0 aromatic heterocycles. The molecule has 1 unspecified atom stereocenters. The Morgan fingerprint density at radius 2 is 1.94 bits per heavy atom. The van der Waals surface area contributed by atoms with Gasteiger partial charge < -0.3 is 15.3 Å². The first-order chi connectivity index (χ1) is 7.62. The van der Waals surface area contributed by atoms with Crippen LogP contribution in [0.5, 0.6) is 0 Å². The number of likely N-dealkylation sites (N-methyl/N-ethyl adjacent to an activating group) is 1. The lowest BCUT2D eigenvalue weighted by molar-refractivity contribution is -0.207. The Morgan fingerprint density at radius 1 is 1.41 bits per heavy atom. The zero-order valence-electron chi connectivity index (χ0n) is 10.2. The summed E-state index contributed by atoms with van der Waals surface area (Å²) < 4.78 is 36.1. The van der Waals surface area contributed by atoms with E-state index in [1.54, 1.807) is 13.8 Å². The van der Waals surface area contributed by atoms with Crippen molar-refractivity contribution in [3.8, 4) is 0 Å². The monoisotopic (exact) mass is 256 g/mol. The van der Waals surface area contributed by atoms with Gasteiger partial charge >= 0.3 is 6.18 Å². The number of aliphatic hydroxyl groups is 1. The van der Waals surface area contributed by atoms with E-state index in [4.69, 9.17) is 5.11 Å². The van der Waals surface area contributed by atoms with E-state index in [1.807, 2.05) is 0 Å². The summed E-state index contributed by atoms with van der Waals surface area (Å²) in [4.78, 5) is 12.5. The zero-order chi connectivity index (χ0) is 13.6. The van der Waals surface area contributed by atoms with Crippen molar-refractivity contribution in [3.05, 3.63) is 0 Å². The molecule has 0 aliphatic heterocycles. The van der Waals surface area contributed by atoms with E-state index in [2.05, 4.69) is 5.32 Å². The molecule has 7 heteroatoms. The molecular weight excluding hydrogens is 237 g/mol. The average molecular weight is 256 g/mol. The number of nitrogens with one attached hydrogen (secondary N) is 1. The third kappa shape index (κ3) is 7.98. The fourth-order valence-corrected chi connectivity index (χ4v) is 1.18. The summed E-state index contributed by atoms with van der Waals surface area (Å²) in [6.45, 7) is 3.24. The van der Waals surface area contributed by atoms with Gasteiger partial charge in [-0.15, -0.1) is 0 Å². The Labute approximate surface area is 98.8 Å². The summed E-state index contributed by atoms with van der Waals surface area (Å²) in [6, 6.07) is 0.00794. The SMILES string of the molecule is CC(C)NC(=O)CCN(C)CC(O)C(F)(F)F. The normalized spacial score (nSPS) is 14.2. The average Bonchev–Trinajstić information content (AvgIpc) is 2.12. The van der Waals surface area contributed by atoms with Gasteiger partial charge in [0.1, 0.15) is 0 Å². The quantitative estimate of drug-likeness (QED) is 0.737. The number of hydrogen-bond acceptors (Lipinski definition) is 3. The first kappa shape index (κ1) is 16.2. The summed E-state index contributed by atoms with van der Waals surface area (Å²) in [5, 5.41) is 11.4. The third-order valence-electron chi connectivity index (χ3n) is 2.03. The highest BCUT2D eigenvalue weighted by Crippen LogP contribution is 2.20. The van der Waals surface area contributed by atoms with Crippen LogP contribution in [0.1, 0.15) is 20.3 Å². The van der Waals surface area contributed by atoms with Gasteiger partial charge in [0.15, 0.2) is 6.10 Å². The minimum absolute atomic E-state index is 0.00794. The molecule has 1 atom stereocenters. The predicted octanol–water partition coefficient (Wildman–Crippen LogP) is 0.756. The van der Waals surface area contributed by atoms with E-state index in [0.717, 1.165) is 0 Å². The van der Waals surface area contributed by atoms with E-state index in [0.29, 0.717) is 0 Å². The van der Waals surface area contributed by atoms with Crippen LogP contribution in [0.3, 0.4) is 0 Å². The predicted molar refractivity (Wildman–Crippen MR) is 57.5 cm³/mol. The van der Waals surface area contributed by atoms with Crippen molar-refractivity contribution in [1.82, 2.24) is 10.2 Å². The molecule has 0 fully saturated rings. The molecule has 17 heavy (non-hydrogen) atoms. The molecule has 0 rings (SSSR count). The van der Waals surface area contributed by atoms with Crippen molar-refractivity contribution in [1.29, 1.82) is 0 Å². The van der Waals surface area contributed by atoms with Crippen molar-refractivity contribution < 1.29 is 23.1 Å². The second-order valence-electron chi connectivity index (χ2n) is 4.29. The van der Waals surface area contributed by atoms with Gasteiger partial charge in [-0.05, 0) is 20.9 Å². The molecule has 0 aromatic carbocycles. The second-order valence-corrected chi connectivity index (χ2v) is 4.29. The number of amides is 1. The molecule has 4 nitrogen and oxygen atoms in total. The molecule has 0 aliphatic carbocycles. The van der Waals surface area contributed by atoms with Crippen molar-refractivity contribution in [2.24, 2.45) is 0 Å². The summed E-state index contributed by atoms with van der Waals surface area (Å²) in [6.07, 6.45) is -6.88. The van der Waals surface area contributed by atoms with Crippen LogP contribution in [-0.2, 0) is 4.79 Å². The van der Waals surface area contributed by atoms with E-state index >= 15 is 0 Å². The van der Waals surface area contributed by atoms with Crippen molar-refractivity contribution in [2.45, 2.75) is 38.6 Å². The third-order valence-corrected chi connectivity index (χ3v) is 2.03. The summed E-state index contributed by atoms with van der Waals surface area (Å²) in [5.41, 5.74) is 0. The molecule has 0 heterocycles. The van der Waals surface area contributed by atoms with Crippen LogP contribution in [0, 0.1) is 0 Å². The zero-order valence-corrected chi connectivity index (χ0v) is 10.2. The number of halogens is 3. The standard InChI is InChI=1S/C10H19F3N2O2/c1-7(2)14-9(17)4-5-15(3)6-8(16)10(11,12)13/h7-8,16H,4-6H2,1-3H3,(H,14,17). The van der Waals surface area contributed by atoms with Crippen LogP contribution in [0.4, 0.5) is 13.2 Å². The van der Waals surface area contributed by atoms with Gasteiger partial charge in [-0.25, -0.2) is 0 Å². The smallest absolute Gasteiger partial charge is 0.382 e. The van der Waals surface area contributed by atoms with E-state index in [1.165, 1.54) is 11.9 Å². The van der Waals surface area contributed by atoms with Gasteiger partial charge in [-0.2, -0.15) is 13.2 Å². The Hall–Kier alpha value is -0.820. The minimum Gasteiger partial charge on any atom is -0.382 e. The fraction of sp³-hybridized carbons (Fsp3) is 0.900. The Bertz CT molecular complexity index is 244. The molecule has 1 amide bonds. The first-order valence-corrected chi connectivity index (χ1v) is 5.35. The van der Waals surface area contributed by atoms with Gasteiger partial charge in [-0.3, -0.25) is 4.79 Å². The molecule has 0 aromatic rings. The van der Waals surface area contributed by atoms with Crippen molar-refractivity contribution >= 4 is 5.91 Å². The maximum Gasteiger partial charge on any atom is 0.415 e. The Morgan fingerprint density at radius 3 is 2.35 bits per heavy atom. The fourth-order valence-electron chi connectivity index (χ4n) is 1.18. The number of rotatable bonds is 6. The number of nitrogens with zero attached hydrogens (tertiary/aromatic N) is 1. The second kappa shape index (κ2) is 6.80. The van der Waals surface area contributed by atoms with Crippen LogP contribution >= 0.6 is 0 Å². The first-order valence-electron chi connectivity index (χ1n) is 5.35. The highest BCUT2D eigenvalue weighted by molar-refractivity contribution is 5.76. The largest absolute Gasteiger partial charge is 0.415 e. The molecule has 0 aliphatic rings. The molecule has 102 valence electrons. The van der Waals surface area contributed by atoms with Gasteiger partial charge in [0, 0.05) is 25.6 Å². The van der Waals surface area contributed by atoms with Crippen LogP contribution in [0.25, 0.3) is 0 Å². The van der Waals surface area contributed by atoms with Gasteiger partial charge in [-0.1, -0.05) is 0 Å². The summed E-state index contributed by atoms with van der Waals surface area (Å²) in [5.74, 6) is -0.214. The molecule has 0 bridgehead atoms. The molecule has 0 saturated heterocycles. The van der Waals surface area contributed by atoms with Crippen LogP contribution in [-0.4, -0.2) is 54.4 Å². The van der Waals surface area contributed by atoms with Gasteiger partial charge in [0.2, 0.25) is 5.91 Å². The van der Waals surface area contributed by atoms with Crippen LogP contribution in [0.15, 0.2) is 0 Å². The molecular formula is C10H19F3N2O2. The molecule has 0 spiro atoms. The van der Waals surface area contributed by atoms with Crippen LogP contribution in [0.2, 0.25) is 0 Å². The Balaban J connectivity index is 3.88. The van der Waals surface area contributed by atoms with Crippen LogP contribution < -0.4 is 5.32 Å². The van der Waals surface area contributed by atoms with Gasteiger partial charge in [0.05, 0.1) is 0 Å². The lowest BCUT2D eigenvalue weighted by Gasteiger charge is -2.22. The number of carbonyl (C=O) groups excluding carboxylic acids is 1. The van der Waals surface area contributed by atoms with Gasteiger partial charge in [0.25, 0.3) is 0 Å². The van der Waals surface area contributed by atoms with E-state index in [9.17, 15) is 18.0 Å². The number of aliphatic hydroxyl groups excluding tert-OH is 1. The topological polar surface area (TPSA) is 52.6 Å². The maximum atomic E-state index is 12.0. The van der Waals surface area contributed by atoms with E-state index < -0.39 is 18.8 Å².